The zero-order valence-electron chi connectivity index (χ0n) is 11.6. The van der Waals surface area contributed by atoms with Crippen LogP contribution in [0.2, 0.25) is 0 Å². The van der Waals surface area contributed by atoms with Crippen molar-refractivity contribution < 1.29 is 14.6 Å². The monoisotopic (exact) mass is 253 g/mol. The molecule has 18 heavy (non-hydrogen) atoms. The fourth-order valence-electron chi connectivity index (χ4n) is 1.48. The van der Waals surface area contributed by atoms with Crippen molar-refractivity contribution in [2.75, 3.05) is 13.7 Å². The number of rotatable bonds is 7. The maximum absolute atomic E-state index is 9.50. The van der Waals surface area contributed by atoms with E-state index in [1.807, 2.05) is 25.1 Å². The van der Waals surface area contributed by atoms with Crippen molar-refractivity contribution in [3.63, 3.8) is 0 Å². The van der Waals surface area contributed by atoms with Crippen LogP contribution in [-0.4, -0.2) is 31.0 Å². The fourth-order valence-corrected chi connectivity index (χ4v) is 1.48. The van der Waals surface area contributed by atoms with Crippen LogP contribution in [0.4, 0.5) is 0 Å². The highest BCUT2D eigenvalue weighted by atomic mass is 16.5. The molecule has 1 aromatic rings. The molecule has 102 valence electrons. The Kier molecular flexibility index (Phi) is 5.95. The van der Waals surface area contributed by atoms with Crippen LogP contribution in [0.5, 0.6) is 11.5 Å². The third-order valence-corrected chi connectivity index (χ3v) is 2.83. The van der Waals surface area contributed by atoms with E-state index in [4.69, 9.17) is 9.47 Å². The Morgan fingerprint density at radius 2 is 2.06 bits per heavy atom. The highest BCUT2D eigenvalue weighted by Gasteiger charge is 2.13. The molecule has 4 heteroatoms. The fraction of sp³-hybridized carbons (Fsp3) is 0.571. The molecule has 0 saturated carbocycles. The summed E-state index contributed by atoms with van der Waals surface area (Å²) in [5.74, 6) is 1.51. The predicted molar refractivity (Wildman–Crippen MR) is 72.1 cm³/mol. The number of hydrogen-bond acceptors (Lipinski definition) is 4. The minimum Gasteiger partial charge on any atom is -0.497 e. The number of methoxy groups -OCH3 is 1. The molecule has 0 aliphatic rings. The molecular weight excluding hydrogens is 230 g/mol. The summed E-state index contributed by atoms with van der Waals surface area (Å²) in [7, 11) is 1.63. The van der Waals surface area contributed by atoms with Gasteiger partial charge in [0.25, 0.3) is 0 Å². The van der Waals surface area contributed by atoms with E-state index in [1.165, 1.54) is 0 Å². The van der Waals surface area contributed by atoms with Gasteiger partial charge in [-0.25, -0.2) is 0 Å². The maximum Gasteiger partial charge on any atom is 0.128 e. The van der Waals surface area contributed by atoms with Crippen LogP contribution in [0.15, 0.2) is 18.2 Å². The Hall–Kier alpha value is -1.26. The summed E-state index contributed by atoms with van der Waals surface area (Å²) in [6.45, 7) is 7.26. The first-order valence-electron chi connectivity index (χ1n) is 6.30. The standard InChI is InChI=1S/C14H23NO3/c1-5-15-9-12-6-7-13(17-4)8-14(12)18-11(3)10(2)16/h6-8,10-11,15-16H,5,9H2,1-4H3. The highest BCUT2D eigenvalue weighted by molar-refractivity contribution is 5.40. The molecule has 0 radical (unpaired) electrons. The molecule has 4 nitrogen and oxygen atoms in total. The van der Waals surface area contributed by atoms with E-state index in [2.05, 4.69) is 12.2 Å². The van der Waals surface area contributed by atoms with E-state index in [0.29, 0.717) is 0 Å². The first-order chi connectivity index (χ1) is 8.58. The molecular formula is C14H23NO3. The molecule has 1 rings (SSSR count). The van der Waals surface area contributed by atoms with Gasteiger partial charge in [0.15, 0.2) is 0 Å². The molecule has 0 amide bonds. The van der Waals surface area contributed by atoms with E-state index < -0.39 is 6.10 Å². The molecule has 1 aromatic carbocycles. The first-order valence-corrected chi connectivity index (χ1v) is 6.30. The smallest absolute Gasteiger partial charge is 0.128 e. The van der Waals surface area contributed by atoms with Crippen molar-refractivity contribution in [3.8, 4) is 11.5 Å². The minimum atomic E-state index is -0.511. The van der Waals surface area contributed by atoms with Crippen LogP contribution in [0.3, 0.4) is 0 Å². The summed E-state index contributed by atoms with van der Waals surface area (Å²) in [4.78, 5) is 0. The molecule has 2 atom stereocenters. The van der Waals surface area contributed by atoms with Gasteiger partial charge < -0.3 is 19.9 Å². The SMILES string of the molecule is CCNCc1ccc(OC)cc1OC(C)C(C)O. The van der Waals surface area contributed by atoms with Gasteiger partial charge in [-0.3, -0.25) is 0 Å². The summed E-state index contributed by atoms with van der Waals surface area (Å²) < 4.78 is 11.0. The number of benzene rings is 1. The van der Waals surface area contributed by atoms with Crippen LogP contribution < -0.4 is 14.8 Å². The van der Waals surface area contributed by atoms with Crippen molar-refractivity contribution in [3.05, 3.63) is 23.8 Å². The van der Waals surface area contributed by atoms with Crippen LogP contribution in [0.1, 0.15) is 26.3 Å². The van der Waals surface area contributed by atoms with E-state index >= 15 is 0 Å². The second-order valence-corrected chi connectivity index (χ2v) is 4.32. The topological polar surface area (TPSA) is 50.7 Å². The van der Waals surface area contributed by atoms with Gasteiger partial charge in [-0.2, -0.15) is 0 Å². The molecule has 0 spiro atoms. The summed E-state index contributed by atoms with van der Waals surface area (Å²) >= 11 is 0. The molecule has 0 fully saturated rings. The molecule has 0 aliphatic heterocycles. The van der Waals surface area contributed by atoms with E-state index in [-0.39, 0.29) is 6.10 Å². The molecule has 0 saturated heterocycles. The lowest BCUT2D eigenvalue weighted by Crippen LogP contribution is -2.26. The Balaban J connectivity index is 2.88. The second kappa shape index (κ2) is 7.24. The quantitative estimate of drug-likeness (QED) is 0.780. The van der Waals surface area contributed by atoms with Gasteiger partial charge in [0, 0.05) is 18.2 Å². The lowest BCUT2D eigenvalue weighted by atomic mass is 10.1. The largest absolute Gasteiger partial charge is 0.497 e. The number of aliphatic hydroxyl groups excluding tert-OH is 1. The van der Waals surface area contributed by atoms with Gasteiger partial charge in [0.05, 0.1) is 13.2 Å². The van der Waals surface area contributed by atoms with Crippen LogP contribution in [0, 0.1) is 0 Å². The van der Waals surface area contributed by atoms with E-state index in [9.17, 15) is 5.11 Å². The number of nitrogens with one attached hydrogen (secondary N) is 1. The van der Waals surface area contributed by atoms with Crippen LogP contribution >= 0.6 is 0 Å². The summed E-state index contributed by atoms with van der Waals surface area (Å²) in [5.41, 5.74) is 1.06. The molecule has 0 bridgehead atoms. The van der Waals surface area contributed by atoms with Gasteiger partial charge in [-0.1, -0.05) is 13.0 Å². The second-order valence-electron chi connectivity index (χ2n) is 4.32. The first kappa shape index (κ1) is 14.8. The van der Waals surface area contributed by atoms with Gasteiger partial charge >= 0.3 is 0 Å². The average Bonchev–Trinajstić information content (AvgIpc) is 2.36. The molecule has 0 aliphatic carbocycles. The lowest BCUT2D eigenvalue weighted by molar-refractivity contribution is 0.0596. The van der Waals surface area contributed by atoms with E-state index in [0.717, 1.165) is 30.2 Å². The van der Waals surface area contributed by atoms with Gasteiger partial charge in [-0.15, -0.1) is 0 Å². The number of ether oxygens (including phenoxy) is 2. The number of aliphatic hydroxyl groups is 1. The Bertz CT molecular complexity index is 366. The third-order valence-electron chi connectivity index (χ3n) is 2.83. The van der Waals surface area contributed by atoms with Crippen LogP contribution in [0.25, 0.3) is 0 Å². The lowest BCUT2D eigenvalue weighted by Gasteiger charge is -2.20. The van der Waals surface area contributed by atoms with Crippen molar-refractivity contribution >= 4 is 0 Å². The number of hydrogen-bond donors (Lipinski definition) is 2. The summed E-state index contributed by atoms with van der Waals surface area (Å²) in [6.07, 6.45) is -0.763. The van der Waals surface area contributed by atoms with E-state index in [1.54, 1.807) is 14.0 Å². The van der Waals surface area contributed by atoms with Gasteiger partial charge in [-0.05, 0) is 26.5 Å². The van der Waals surface area contributed by atoms with Crippen molar-refractivity contribution in [2.45, 2.75) is 39.5 Å². The Morgan fingerprint density at radius 3 is 2.61 bits per heavy atom. The third kappa shape index (κ3) is 4.20. The zero-order chi connectivity index (χ0) is 13.5. The summed E-state index contributed by atoms with van der Waals surface area (Å²) in [5, 5.41) is 12.8. The maximum atomic E-state index is 9.50. The Morgan fingerprint density at radius 1 is 1.33 bits per heavy atom. The van der Waals surface area contributed by atoms with Gasteiger partial charge in [0.1, 0.15) is 17.6 Å². The molecule has 2 N–H and O–H groups in total. The summed E-state index contributed by atoms with van der Waals surface area (Å²) in [6, 6.07) is 5.74. The van der Waals surface area contributed by atoms with Crippen molar-refractivity contribution in [2.24, 2.45) is 0 Å². The van der Waals surface area contributed by atoms with Gasteiger partial charge in [0.2, 0.25) is 0 Å². The van der Waals surface area contributed by atoms with Crippen LogP contribution in [-0.2, 0) is 6.54 Å². The molecule has 0 aromatic heterocycles. The average molecular weight is 253 g/mol. The van der Waals surface area contributed by atoms with Crippen molar-refractivity contribution in [1.29, 1.82) is 0 Å². The Labute approximate surface area is 109 Å². The zero-order valence-corrected chi connectivity index (χ0v) is 11.6. The molecule has 2 unspecified atom stereocenters. The minimum absolute atomic E-state index is 0.252. The predicted octanol–water partition coefficient (Wildman–Crippen LogP) is 1.95. The molecule has 0 heterocycles. The normalized spacial score (nSPS) is 14.1. The highest BCUT2D eigenvalue weighted by Crippen LogP contribution is 2.26. The van der Waals surface area contributed by atoms with Crippen molar-refractivity contribution in [1.82, 2.24) is 5.32 Å².